The average molecular weight is 630 g/mol. The van der Waals surface area contributed by atoms with E-state index in [9.17, 15) is 23.2 Å². The fourth-order valence-corrected chi connectivity index (χ4v) is 5.99. The van der Waals surface area contributed by atoms with Gasteiger partial charge < -0.3 is 30.2 Å². The lowest BCUT2D eigenvalue weighted by Crippen LogP contribution is -2.49. The molecule has 5 rings (SSSR count). The monoisotopic (exact) mass is 629 g/mol. The number of rotatable bonds is 13. The molecule has 2 fully saturated rings. The zero-order valence-corrected chi connectivity index (χ0v) is 24.0. The first-order valence-corrected chi connectivity index (χ1v) is 15.0. The number of nitrogens with one attached hydrogen (secondary N) is 2. The van der Waals surface area contributed by atoms with Crippen LogP contribution in [0.15, 0.2) is 36.7 Å². The van der Waals surface area contributed by atoms with Gasteiger partial charge in [-0.25, -0.2) is 22.7 Å². The molecule has 2 aromatic heterocycles. The van der Waals surface area contributed by atoms with Gasteiger partial charge in [-0.1, -0.05) is 18.2 Å². The number of ether oxygens (including phenoxy) is 2. The fourth-order valence-electron chi connectivity index (χ4n) is 4.49. The molecule has 43 heavy (non-hydrogen) atoms. The number of alkyl halides is 3. The van der Waals surface area contributed by atoms with Crippen LogP contribution in [-0.2, 0) is 23.4 Å². The van der Waals surface area contributed by atoms with Crippen LogP contribution in [0.3, 0.4) is 0 Å². The third kappa shape index (κ3) is 6.40. The minimum absolute atomic E-state index is 0.0445. The SMILES string of the molecule is CCOC(=O)[C@H](C)N[P@](=O)(OC[C@H]1O[C@@H](n2cnc3c(NC4CC4)nc(N)nc32)[C@@](F)(C(F)F)[C@@H]1O)Oc1ccccc1. The van der Waals surface area contributed by atoms with E-state index in [1.807, 2.05) is 0 Å². The normalized spacial score (nSPS) is 25.9. The molecule has 1 aromatic carbocycles. The largest absolute Gasteiger partial charge is 0.465 e. The summed E-state index contributed by atoms with van der Waals surface area (Å²) in [5.74, 6) is -0.683. The fraction of sp³-hybridized carbons (Fsp3) is 0.520. The number of nitrogen functional groups attached to an aromatic ring is 1. The van der Waals surface area contributed by atoms with Gasteiger partial charge in [-0.05, 0) is 38.8 Å². The van der Waals surface area contributed by atoms with E-state index in [4.69, 9.17) is 24.3 Å². The van der Waals surface area contributed by atoms with Crippen molar-refractivity contribution in [2.24, 2.45) is 0 Å². The van der Waals surface area contributed by atoms with Crippen molar-refractivity contribution in [3.8, 4) is 5.75 Å². The molecule has 0 bridgehead atoms. The number of aliphatic hydroxyl groups excluding tert-OH is 1. The number of hydrogen-bond donors (Lipinski definition) is 4. The molecule has 0 unspecified atom stereocenters. The Labute approximate surface area is 243 Å². The van der Waals surface area contributed by atoms with Crippen LogP contribution in [0.1, 0.15) is 32.9 Å². The highest BCUT2D eigenvalue weighted by atomic mass is 31.2. The molecule has 5 N–H and O–H groups in total. The Hall–Kier alpha value is -3.50. The van der Waals surface area contributed by atoms with Gasteiger partial charge in [0.05, 0.1) is 19.5 Å². The number of nitrogens with zero attached hydrogens (tertiary/aromatic N) is 4. The van der Waals surface area contributed by atoms with E-state index in [1.165, 1.54) is 19.1 Å². The maximum Gasteiger partial charge on any atom is 0.459 e. The van der Waals surface area contributed by atoms with Gasteiger partial charge in [0.2, 0.25) is 11.6 Å². The first-order chi connectivity index (χ1) is 20.4. The summed E-state index contributed by atoms with van der Waals surface area (Å²) in [7, 11) is -4.48. The highest BCUT2D eigenvalue weighted by Crippen LogP contribution is 2.50. The van der Waals surface area contributed by atoms with Crippen LogP contribution in [0.4, 0.5) is 24.9 Å². The third-order valence-corrected chi connectivity index (χ3v) is 8.44. The number of carbonyl (C=O) groups is 1. The molecule has 1 saturated carbocycles. The number of fused-ring (bicyclic) bond motifs is 1. The van der Waals surface area contributed by atoms with Crippen LogP contribution in [0.25, 0.3) is 11.2 Å². The molecule has 0 radical (unpaired) electrons. The number of benzene rings is 1. The van der Waals surface area contributed by atoms with Gasteiger partial charge in [0.25, 0.3) is 6.43 Å². The van der Waals surface area contributed by atoms with E-state index >= 15 is 4.39 Å². The highest BCUT2D eigenvalue weighted by molar-refractivity contribution is 7.52. The summed E-state index contributed by atoms with van der Waals surface area (Å²) in [6.07, 6.45) is -7.34. The molecule has 2 aliphatic rings. The third-order valence-electron chi connectivity index (χ3n) is 6.80. The van der Waals surface area contributed by atoms with Crippen LogP contribution < -0.4 is 20.7 Å². The average Bonchev–Trinajstić information content (AvgIpc) is 3.62. The lowest BCUT2D eigenvalue weighted by molar-refractivity contribution is -0.144. The van der Waals surface area contributed by atoms with Crippen molar-refractivity contribution in [1.82, 2.24) is 24.6 Å². The Morgan fingerprint density at radius 3 is 2.67 bits per heavy atom. The summed E-state index contributed by atoms with van der Waals surface area (Å²) in [6.45, 7) is 2.08. The second-order valence-electron chi connectivity index (χ2n) is 10.1. The Kier molecular flexibility index (Phi) is 8.81. The first-order valence-electron chi connectivity index (χ1n) is 13.5. The summed E-state index contributed by atoms with van der Waals surface area (Å²) in [4.78, 5) is 24.5. The summed E-state index contributed by atoms with van der Waals surface area (Å²) < 4.78 is 80.8. The van der Waals surface area contributed by atoms with Gasteiger partial charge in [-0.3, -0.25) is 13.9 Å². The molecule has 3 heterocycles. The van der Waals surface area contributed by atoms with E-state index in [2.05, 4.69) is 25.4 Å². The van der Waals surface area contributed by atoms with Crippen molar-refractivity contribution in [2.45, 2.75) is 69.3 Å². The van der Waals surface area contributed by atoms with Crippen molar-refractivity contribution in [2.75, 3.05) is 24.3 Å². The van der Waals surface area contributed by atoms with Crippen LogP contribution in [0.5, 0.6) is 5.75 Å². The zero-order chi connectivity index (χ0) is 30.9. The molecule has 18 heteroatoms. The maximum absolute atomic E-state index is 16.1. The lowest BCUT2D eigenvalue weighted by atomic mass is 9.96. The lowest BCUT2D eigenvalue weighted by Gasteiger charge is -2.28. The predicted octanol–water partition coefficient (Wildman–Crippen LogP) is 2.96. The molecular formula is C25H31F3N7O7P. The van der Waals surface area contributed by atoms with E-state index in [0.29, 0.717) is 0 Å². The second-order valence-corrected chi connectivity index (χ2v) is 11.8. The standard InChI is InChI=1S/C25H31F3N7O7P/c1-3-39-21(37)13(2)34-43(38,42-15-7-5-4-6-8-15)40-11-16-18(36)25(28,22(26)27)23(41-16)35-12-30-17-19(31-14-9-10-14)32-24(29)33-20(17)35/h4-8,12-14,16,18,22-23,36H,3,9-11H2,1-2H3,(H,34,38)(H3,29,31,32,33)/t13-,16+,18+,23+,25-,43-/m0/s1. The Balaban J connectivity index is 1.41. The number of anilines is 2. The number of nitrogens with two attached hydrogens (primary N) is 1. The number of para-hydroxylation sites is 1. The van der Waals surface area contributed by atoms with Crippen LogP contribution in [-0.4, -0.2) is 80.2 Å². The quantitative estimate of drug-likeness (QED) is 0.160. The van der Waals surface area contributed by atoms with E-state index < -0.39 is 56.9 Å². The van der Waals surface area contributed by atoms with Crippen LogP contribution >= 0.6 is 7.75 Å². The number of aromatic nitrogens is 4. The zero-order valence-electron chi connectivity index (χ0n) is 23.1. The molecule has 1 aliphatic carbocycles. The first kappa shape index (κ1) is 30.9. The van der Waals surface area contributed by atoms with E-state index in [-0.39, 0.29) is 41.3 Å². The smallest absolute Gasteiger partial charge is 0.459 e. The van der Waals surface area contributed by atoms with Crippen molar-refractivity contribution < 1.29 is 46.2 Å². The summed E-state index contributed by atoms with van der Waals surface area (Å²) >= 11 is 0. The van der Waals surface area contributed by atoms with Crippen LogP contribution in [0, 0.1) is 0 Å². The molecule has 0 spiro atoms. The topological polar surface area (TPSA) is 185 Å². The predicted molar refractivity (Wildman–Crippen MR) is 146 cm³/mol. The van der Waals surface area contributed by atoms with Gasteiger partial charge in [-0.15, -0.1) is 0 Å². The number of hydrogen-bond acceptors (Lipinski definition) is 12. The van der Waals surface area contributed by atoms with Crippen molar-refractivity contribution >= 4 is 36.6 Å². The molecule has 3 aromatic rings. The minimum atomic E-state index is -4.48. The van der Waals surface area contributed by atoms with Gasteiger partial charge in [-0.2, -0.15) is 15.1 Å². The molecule has 14 nitrogen and oxygen atoms in total. The van der Waals surface area contributed by atoms with E-state index in [1.54, 1.807) is 25.1 Å². The van der Waals surface area contributed by atoms with Gasteiger partial charge in [0, 0.05) is 6.04 Å². The van der Waals surface area contributed by atoms with Gasteiger partial charge >= 0.3 is 13.7 Å². The molecule has 1 saturated heterocycles. The Morgan fingerprint density at radius 1 is 1.30 bits per heavy atom. The highest BCUT2D eigenvalue weighted by Gasteiger charge is 2.64. The van der Waals surface area contributed by atoms with Crippen LogP contribution in [0.2, 0.25) is 0 Å². The maximum atomic E-state index is 16.1. The summed E-state index contributed by atoms with van der Waals surface area (Å²) in [5, 5.41) is 16.3. The summed E-state index contributed by atoms with van der Waals surface area (Å²) in [5.41, 5.74) is 2.17. The Morgan fingerprint density at radius 2 is 2.02 bits per heavy atom. The molecule has 234 valence electrons. The Bertz CT molecular complexity index is 1500. The summed E-state index contributed by atoms with van der Waals surface area (Å²) in [6, 6.07) is 6.68. The van der Waals surface area contributed by atoms with Crippen molar-refractivity contribution in [1.29, 1.82) is 0 Å². The number of carbonyl (C=O) groups excluding carboxylic acids is 1. The number of esters is 1. The number of imidazole rings is 1. The minimum Gasteiger partial charge on any atom is -0.465 e. The van der Waals surface area contributed by atoms with Gasteiger partial charge in [0.15, 0.2) is 23.2 Å². The second kappa shape index (κ2) is 12.2. The number of halogens is 3. The van der Waals surface area contributed by atoms with Gasteiger partial charge in [0.1, 0.15) is 24.0 Å². The van der Waals surface area contributed by atoms with Crippen molar-refractivity contribution in [3.05, 3.63) is 36.7 Å². The molecular weight excluding hydrogens is 598 g/mol. The molecule has 1 aliphatic heterocycles. The van der Waals surface area contributed by atoms with E-state index in [0.717, 1.165) is 23.7 Å². The molecule has 0 amide bonds. The van der Waals surface area contributed by atoms with Crippen molar-refractivity contribution in [3.63, 3.8) is 0 Å². The molecule has 6 atom stereocenters. The number of aliphatic hydroxyl groups is 1.